The number of aliphatic hydroxyl groups is 1. The summed E-state index contributed by atoms with van der Waals surface area (Å²) in [5.41, 5.74) is 3.36. The normalized spacial score (nSPS) is 26.2. The molecule has 140 valence electrons. The van der Waals surface area contributed by atoms with Crippen LogP contribution in [-0.2, 0) is 29.8 Å². The Hall–Kier alpha value is -1.47. The average molecular weight is 377 g/mol. The molecule has 1 spiro atoms. The summed E-state index contributed by atoms with van der Waals surface area (Å²) >= 11 is 6.28. The maximum Gasteiger partial charge on any atom is 0.0967 e. The molecule has 1 N–H and O–H groups in total. The van der Waals surface area contributed by atoms with Crippen LogP contribution in [0.5, 0.6) is 0 Å². The predicted octanol–water partition coefficient (Wildman–Crippen LogP) is 2.38. The first-order valence-corrected chi connectivity index (χ1v) is 9.64. The molecule has 0 unspecified atom stereocenters. The van der Waals surface area contributed by atoms with Gasteiger partial charge in [0.05, 0.1) is 31.1 Å². The second-order valence-corrected chi connectivity index (χ2v) is 7.80. The first kappa shape index (κ1) is 17.9. The number of piperidine rings is 1. The molecular weight excluding hydrogens is 352 g/mol. The molecule has 7 heteroatoms. The Morgan fingerprint density at radius 3 is 3.12 bits per heavy atom. The summed E-state index contributed by atoms with van der Waals surface area (Å²) in [6, 6.07) is 6.60. The lowest BCUT2D eigenvalue weighted by Gasteiger charge is -2.48. The number of rotatable bonds is 4. The van der Waals surface area contributed by atoms with Gasteiger partial charge in [-0.2, -0.15) is 0 Å². The standard InChI is InChI=1S/C19H25ClN4O2/c1-14-11-19(18-10-16(20)3-2-15(18)4-9-26-19)5-6-23(14)12-17-13-24(7-8-25)22-21-17/h2-3,10,13-14,25H,4-9,11-12H2,1H3/t14-,19+/m0/s1. The number of ether oxygens (including phenoxy) is 1. The van der Waals surface area contributed by atoms with E-state index in [0.29, 0.717) is 12.6 Å². The maximum atomic E-state index is 9.01. The van der Waals surface area contributed by atoms with E-state index in [0.717, 1.165) is 49.7 Å². The molecule has 2 aliphatic heterocycles. The first-order chi connectivity index (χ1) is 12.6. The fraction of sp³-hybridized carbons (Fsp3) is 0.579. The molecule has 0 bridgehead atoms. The smallest absolute Gasteiger partial charge is 0.0967 e. The van der Waals surface area contributed by atoms with E-state index in [1.807, 2.05) is 12.3 Å². The number of fused-ring (bicyclic) bond motifs is 2. The summed E-state index contributed by atoms with van der Waals surface area (Å²) in [5, 5.41) is 18.1. The summed E-state index contributed by atoms with van der Waals surface area (Å²) in [6.45, 7) is 5.30. The molecule has 1 aromatic heterocycles. The lowest BCUT2D eigenvalue weighted by atomic mass is 9.77. The summed E-state index contributed by atoms with van der Waals surface area (Å²) in [6.07, 6.45) is 4.78. The van der Waals surface area contributed by atoms with Crippen LogP contribution in [-0.4, -0.2) is 50.8 Å². The minimum absolute atomic E-state index is 0.0742. The topological polar surface area (TPSA) is 63.4 Å². The Balaban J connectivity index is 1.49. The van der Waals surface area contributed by atoms with Gasteiger partial charge in [0.1, 0.15) is 0 Å². The van der Waals surface area contributed by atoms with Gasteiger partial charge in [-0.1, -0.05) is 22.9 Å². The van der Waals surface area contributed by atoms with Crippen molar-refractivity contribution in [2.75, 3.05) is 19.8 Å². The zero-order valence-electron chi connectivity index (χ0n) is 15.1. The lowest BCUT2D eigenvalue weighted by Crippen LogP contribution is -2.50. The predicted molar refractivity (Wildman–Crippen MR) is 99.0 cm³/mol. The van der Waals surface area contributed by atoms with E-state index in [1.54, 1.807) is 4.68 Å². The van der Waals surface area contributed by atoms with Crippen molar-refractivity contribution in [1.29, 1.82) is 0 Å². The molecule has 6 nitrogen and oxygen atoms in total. The Labute approximate surface area is 158 Å². The highest BCUT2D eigenvalue weighted by atomic mass is 35.5. The van der Waals surface area contributed by atoms with Crippen LogP contribution in [0.1, 0.15) is 36.6 Å². The van der Waals surface area contributed by atoms with E-state index >= 15 is 0 Å². The number of hydrogen-bond donors (Lipinski definition) is 1. The van der Waals surface area contributed by atoms with Crippen molar-refractivity contribution in [3.63, 3.8) is 0 Å². The second kappa shape index (κ2) is 7.27. The van der Waals surface area contributed by atoms with Crippen LogP contribution in [0.3, 0.4) is 0 Å². The van der Waals surface area contributed by atoms with E-state index < -0.39 is 0 Å². The van der Waals surface area contributed by atoms with Crippen LogP contribution >= 0.6 is 11.6 Å². The van der Waals surface area contributed by atoms with Gasteiger partial charge in [0.15, 0.2) is 0 Å². The van der Waals surface area contributed by atoms with Crippen LogP contribution in [0.4, 0.5) is 0 Å². The molecule has 0 radical (unpaired) electrons. The Kier molecular flexibility index (Phi) is 5.01. The highest BCUT2D eigenvalue weighted by molar-refractivity contribution is 6.30. The lowest BCUT2D eigenvalue weighted by molar-refractivity contribution is -0.113. The molecule has 2 atom stereocenters. The molecule has 26 heavy (non-hydrogen) atoms. The largest absolute Gasteiger partial charge is 0.394 e. The van der Waals surface area contributed by atoms with Crippen molar-refractivity contribution in [1.82, 2.24) is 19.9 Å². The van der Waals surface area contributed by atoms with Crippen molar-refractivity contribution in [2.24, 2.45) is 0 Å². The van der Waals surface area contributed by atoms with Crippen molar-refractivity contribution >= 4 is 11.6 Å². The van der Waals surface area contributed by atoms with Gasteiger partial charge in [-0.15, -0.1) is 5.10 Å². The van der Waals surface area contributed by atoms with Crippen molar-refractivity contribution in [2.45, 2.75) is 50.9 Å². The number of nitrogens with zero attached hydrogens (tertiary/aromatic N) is 4. The molecule has 0 amide bonds. The van der Waals surface area contributed by atoms with E-state index in [1.165, 1.54) is 11.1 Å². The van der Waals surface area contributed by atoms with Gasteiger partial charge in [-0.3, -0.25) is 4.90 Å². The Bertz CT molecular complexity index is 781. The molecule has 1 aromatic carbocycles. The van der Waals surface area contributed by atoms with Gasteiger partial charge in [0.25, 0.3) is 0 Å². The van der Waals surface area contributed by atoms with Crippen LogP contribution < -0.4 is 0 Å². The summed E-state index contributed by atoms with van der Waals surface area (Å²) in [5.74, 6) is 0. The number of benzene rings is 1. The molecule has 2 aromatic rings. The van der Waals surface area contributed by atoms with Crippen LogP contribution in [0.25, 0.3) is 0 Å². The van der Waals surface area contributed by atoms with Gasteiger partial charge in [0, 0.05) is 30.4 Å². The number of likely N-dealkylation sites (tertiary alicyclic amines) is 1. The third kappa shape index (κ3) is 3.39. The van der Waals surface area contributed by atoms with Crippen LogP contribution in [0.2, 0.25) is 5.02 Å². The van der Waals surface area contributed by atoms with Gasteiger partial charge < -0.3 is 9.84 Å². The number of hydrogen-bond acceptors (Lipinski definition) is 5. The molecule has 3 heterocycles. The molecule has 0 aliphatic carbocycles. The number of aromatic nitrogens is 3. The van der Waals surface area contributed by atoms with Gasteiger partial charge in [-0.05, 0) is 49.4 Å². The van der Waals surface area contributed by atoms with E-state index in [4.69, 9.17) is 21.4 Å². The molecule has 1 saturated heterocycles. The molecule has 2 aliphatic rings. The van der Waals surface area contributed by atoms with Crippen LogP contribution in [0.15, 0.2) is 24.4 Å². The Morgan fingerprint density at radius 1 is 1.42 bits per heavy atom. The van der Waals surface area contributed by atoms with Gasteiger partial charge in [-0.25, -0.2) is 4.68 Å². The molecule has 4 rings (SSSR count). The SMILES string of the molecule is C[C@H]1C[C@@]2(CCN1Cc1cn(CCO)nn1)OCCc1ccc(Cl)cc12. The molecule has 0 saturated carbocycles. The summed E-state index contributed by atoms with van der Waals surface area (Å²) in [4.78, 5) is 2.43. The summed E-state index contributed by atoms with van der Waals surface area (Å²) < 4.78 is 8.04. The highest BCUT2D eigenvalue weighted by Crippen LogP contribution is 2.44. The second-order valence-electron chi connectivity index (χ2n) is 7.36. The van der Waals surface area contributed by atoms with E-state index in [-0.39, 0.29) is 12.2 Å². The third-order valence-corrected chi connectivity index (χ3v) is 5.88. The number of halogens is 1. The minimum Gasteiger partial charge on any atom is -0.394 e. The quantitative estimate of drug-likeness (QED) is 0.887. The first-order valence-electron chi connectivity index (χ1n) is 9.26. The Morgan fingerprint density at radius 2 is 2.31 bits per heavy atom. The van der Waals surface area contributed by atoms with Gasteiger partial charge >= 0.3 is 0 Å². The van der Waals surface area contributed by atoms with Crippen molar-refractivity contribution in [3.8, 4) is 0 Å². The van der Waals surface area contributed by atoms with Gasteiger partial charge in [0.2, 0.25) is 0 Å². The summed E-state index contributed by atoms with van der Waals surface area (Å²) in [7, 11) is 0. The third-order valence-electron chi connectivity index (χ3n) is 5.64. The molecular formula is C19H25ClN4O2. The minimum atomic E-state index is -0.219. The number of aliphatic hydroxyl groups excluding tert-OH is 1. The average Bonchev–Trinajstić information content (AvgIpc) is 3.06. The monoisotopic (exact) mass is 376 g/mol. The van der Waals surface area contributed by atoms with E-state index in [2.05, 4.69) is 34.3 Å². The maximum absolute atomic E-state index is 9.01. The highest BCUT2D eigenvalue weighted by Gasteiger charge is 2.43. The van der Waals surface area contributed by atoms with Crippen molar-refractivity contribution in [3.05, 3.63) is 46.2 Å². The molecule has 1 fully saturated rings. The van der Waals surface area contributed by atoms with E-state index in [9.17, 15) is 0 Å². The fourth-order valence-corrected chi connectivity index (χ4v) is 4.49. The zero-order chi connectivity index (χ0) is 18.1. The van der Waals surface area contributed by atoms with Crippen LogP contribution in [0, 0.1) is 0 Å². The fourth-order valence-electron chi connectivity index (χ4n) is 4.32. The zero-order valence-corrected chi connectivity index (χ0v) is 15.8. The van der Waals surface area contributed by atoms with Crippen molar-refractivity contribution < 1.29 is 9.84 Å².